The first-order valence-corrected chi connectivity index (χ1v) is 6.50. The zero-order valence-corrected chi connectivity index (χ0v) is 10.7. The molecule has 1 saturated carbocycles. The highest BCUT2D eigenvalue weighted by Crippen LogP contribution is 2.26. The van der Waals surface area contributed by atoms with Gasteiger partial charge in [-0.3, -0.25) is 9.89 Å². The smallest absolute Gasteiger partial charge is 0.269 e. The summed E-state index contributed by atoms with van der Waals surface area (Å²) < 4.78 is 0. The second-order valence-electron chi connectivity index (χ2n) is 4.84. The minimum atomic E-state index is -0.430. The van der Waals surface area contributed by atoms with Crippen molar-refractivity contribution in [1.29, 1.82) is 0 Å². The predicted octanol–water partition coefficient (Wildman–Crippen LogP) is 0.835. The van der Waals surface area contributed by atoms with Gasteiger partial charge in [0.25, 0.3) is 5.91 Å². The molecule has 19 heavy (non-hydrogen) atoms. The van der Waals surface area contributed by atoms with Gasteiger partial charge in [-0.1, -0.05) is 24.4 Å². The van der Waals surface area contributed by atoms with E-state index in [1.54, 1.807) is 6.07 Å². The Morgan fingerprint density at radius 2 is 2.26 bits per heavy atom. The Hall–Kier alpha value is -2.05. The van der Waals surface area contributed by atoms with E-state index in [4.69, 9.17) is 10.9 Å². The van der Waals surface area contributed by atoms with Crippen LogP contribution in [0.15, 0.2) is 17.4 Å². The second kappa shape index (κ2) is 6.21. The van der Waals surface area contributed by atoms with Gasteiger partial charge in [-0.2, -0.15) is 5.10 Å². The molecule has 2 rings (SSSR count). The molecule has 1 aliphatic rings. The van der Waals surface area contributed by atoms with Crippen molar-refractivity contribution in [1.82, 2.24) is 15.5 Å². The van der Waals surface area contributed by atoms with Crippen LogP contribution < -0.4 is 11.1 Å². The first-order valence-electron chi connectivity index (χ1n) is 6.50. The minimum absolute atomic E-state index is 0.0553. The van der Waals surface area contributed by atoms with E-state index >= 15 is 0 Å². The Balaban J connectivity index is 2.07. The van der Waals surface area contributed by atoms with E-state index in [-0.39, 0.29) is 17.7 Å². The van der Waals surface area contributed by atoms with Crippen LogP contribution in [0.5, 0.6) is 0 Å². The van der Waals surface area contributed by atoms with Gasteiger partial charge in [0.2, 0.25) is 0 Å². The number of H-pyrrole nitrogens is 1. The number of rotatable bonds is 4. The third kappa shape index (κ3) is 3.24. The topological polar surface area (TPSA) is 116 Å². The molecule has 1 aromatic rings. The summed E-state index contributed by atoms with van der Waals surface area (Å²) >= 11 is 0. The molecule has 0 aliphatic heterocycles. The van der Waals surface area contributed by atoms with E-state index in [2.05, 4.69) is 20.7 Å². The lowest BCUT2D eigenvalue weighted by atomic mass is 9.83. The Labute approximate surface area is 111 Å². The quantitative estimate of drug-likeness (QED) is 0.279. The van der Waals surface area contributed by atoms with Crippen molar-refractivity contribution >= 4 is 11.7 Å². The molecule has 0 spiro atoms. The monoisotopic (exact) mass is 265 g/mol. The number of carbonyl (C=O) groups excluding carboxylic acids is 1. The Kier molecular flexibility index (Phi) is 4.38. The number of nitrogens with two attached hydrogens (primary N) is 1. The van der Waals surface area contributed by atoms with E-state index in [1.165, 1.54) is 12.6 Å². The number of aromatic amines is 1. The molecule has 1 atom stereocenters. The molecule has 104 valence electrons. The molecule has 0 radical (unpaired) electrons. The van der Waals surface area contributed by atoms with Crippen molar-refractivity contribution in [3.63, 3.8) is 0 Å². The predicted molar refractivity (Wildman–Crippen MR) is 69.8 cm³/mol. The molecule has 0 saturated heterocycles. The van der Waals surface area contributed by atoms with Gasteiger partial charge >= 0.3 is 0 Å². The van der Waals surface area contributed by atoms with E-state index in [0.717, 1.165) is 25.7 Å². The van der Waals surface area contributed by atoms with Crippen LogP contribution in [0.3, 0.4) is 0 Å². The Morgan fingerprint density at radius 1 is 1.53 bits per heavy atom. The normalized spacial score (nSPS) is 19.1. The molecule has 7 nitrogen and oxygen atoms in total. The number of oxime groups is 1. The third-order valence-electron chi connectivity index (χ3n) is 3.59. The van der Waals surface area contributed by atoms with Crippen LogP contribution in [0.2, 0.25) is 0 Å². The second-order valence-corrected chi connectivity index (χ2v) is 4.84. The van der Waals surface area contributed by atoms with Crippen LogP contribution in [-0.4, -0.2) is 33.2 Å². The highest BCUT2D eigenvalue weighted by molar-refractivity contribution is 5.97. The van der Waals surface area contributed by atoms with Crippen LogP contribution in [0.4, 0.5) is 0 Å². The summed E-state index contributed by atoms with van der Waals surface area (Å²) in [5, 5.41) is 21.1. The molecular formula is C12H19N5O2. The summed E-state index contributed by atoms with van der Waals surface area (Å²) in [6.07, 6.45) is 6.88. The number of nitrogens with zero attached hydrogens (tertiary/aromatic N) is 2. The molecule has 5 N–H and O–H groups in total. The Morgan fingerprint density at radius 3 is 2.84 bits per heavy atom. The largest absolute Gasteiger partial charge is 0.409 e. The fourth-order valence-electron chi connectivity index (χ4n) is 2.56. The summed E-state index contributed by atoms with van der Waals surface area (Å²) in [5.41, 5.74) is 6.08. The summed E-state index contributed by atoms with van der Waals surface area (Å²) in [4.78, 5) is 12.0. The lowest BCUT2D eigenvalue weighted by Crippen LogP contribution is -2.49. The van der Waals surface area contributed by atoms with Gasteiger partial charge < -0.3 is 16.3 Å². The number of nitrogens with one attached hydrogen (secondary N) is 2. The standard InChI is InChI=1S/C12H19N5O2/c13-11(17-19)10(8-4-2-1-3-5-8)15-12(18)9-6-7-14-16-9/h6-8,10,19H,1-5H2,(H2,13,17)(H,14,16)(H,15,18). The number of amides is 1. The number of amidine groups is 1. The van der Waals surface area contributed by atoms with Crippen molar-refractivity contribution in [3.8, 4) is 0 Å². The van der Waals surface area contributed by atoms with Crippen molar-refractivity contribution < 1.29 is 10.0 Å². The van der Waals surface area contributed by atoms with Crippen LogP contribution in [0, 0.1) is 5.92 Å². The van der Waals surface area contributed by atoms with Gasteiger partial charge in [-0.05, 0) is 24.8 Å². The van der Waals surface area contributed by atoms with Crippen LogP contribution in [0.25, 0.3) is 0 Å². The minimum Gasteiger partial charge on any atom is -0.409 e. The number of hydrogen-bond acceptors (Lipinski definition) is 4. The Bertz CT molecular complexity index is 437. The third-order valence-corrected chi connectivity index (χ3v) is 3.59. The molecule has 1 aliphatic carbocycles. The maximum absolute atomic E-state index is 12.0. The fraction of sp³-hybridized carbons (Fsp3) is 0.583. The highest BCUT2D eigenvalue weighted by atomic mass is 16.4. The number of carbonyl (C=O) groups is 1. The first kappa shape index (κ1) is 13.4. The van der Waals surface area contributed by atoms with Crippen LogP contribution in [-0.2, 0) is 0 Å². The summed E-state index contributed by atoms with van der Waals surface area (Å²) in [6, 6.07) is 1.15. The molecule has 1 aromatic heterocycles. The van der Waals surface area contributed by atoms with E-state index < -0.39 is 6.04 Å². The van der Waals surface area contributed by atoms with Gasteiger partial charge in [0, 0.05) is 6.20 Å². The van der Waals surface area contributed by atoms with Crippen molar-refractivity contribution in [3.05, 3.63) is 18.0 Å². The van der Waals surface area contributed by atoms with Gasteiger partial charge in [-0.25, -0.2) is 0 Å². The fourth-order valence-corrected chi connectivity index (χ4v) is 2.56. The zero-order chi connectivity index (χ0) is 13.7. The van der Waals surface area contributed by atoms with Gasteiger partial charge in [-0.15, -0.1) is 0 Å². The SMILES string of the molecule is NC(=NO)C(NC(=O)c1ccn[nH]1)C1CCCCC1. The van der Waals surface area contributed by atoms with Gasteiger partial charge in [0.15, 0.2) is 5.84 Å². The lowest BCUT2D eigenvalue weighted by molar-refractivity contribution is 0.0925. The average Bonchev–Trinajstić information content (AvgIpc) is 2.99. The van der Waals surface area contributed by atoms with Gasteiger partial charge in [0.05, 0.1) is 6.04 Å². The average molecular weight is 265 g/mol. The highest BCUT2D eigenvalue weighted by Gasteiger charge is 2.29. The molecule has 1 fully saturated rings. The number of hydrogen-bond donors (Lipinski definition) is 4. The van der Waals surface area contributed by atoms with Crippen molar-refractivity contribution in [2.75, 3.05) is 0 Å². The maximum Gasteiger partial charge on any atom is 0.269 e. The van der Waals surface area contributed by atoms with Gasteiger partial charge in [0.1, 0.15) is 5.69 Å². The lowest BCUT2D eigenvalue weighted by Gasteiger charge is -2.29. The molecule has 1 unspecified atom stereocenters. The zero-order valence-electron chi connectivity index (χ0n) is 10.7. The van der Waals surface area contributed by atoms with E-state index in [0.29, 0.717) is 5.69 Å². The number of aromatic nitrogens is 2. The molecule has 1 heterocycles. The summed E-state index contributed by atoms with van der Waals surface area (Å²) in [5.74, 6) is -0.0176. The summed E-state index contributed by atoms with van der Waals surface area (Å²) in [6.45, 7) is 0. The first-order chi connectivity index (χ1) is 9.22. The maximum atomic E-state index is 12.0. The molecule has 7 heteroatoms. The van der Waals surface area contributed by atoms with Crippen molar-refractivity contribution in [2.24, 2.45) is 16.8 Å². The molecule has 0 aromatic carbocycles. The van der Waals surface area contributed by atoms with Crippen LogP contribution >= 0.6 is 0 Å². The van der Waals surface area contributed by atoms with Crippen molar-refractivity contribution in [2.45, 2.75) is 38.1 Å². The summed E-state index contributed by atoms with van der Waals surface area (Å²) in [7, 11) is 0. The molecule has 0 bridgehead atoms. The van der Waals surface area contributed by atoms with E-state index in [9.17, 15) is 4.79 Å². The van der Waals surface area contributed by atoms with Crippen LogP contribution in [0.1, 0.15) is 42.6 Å². The molecular weight excluding hydrogens is 246 g/mol. The van der Waals surface area contributed by atoms with E-state index in [1.807, 2.05) is 0 Å². The molecule has 1 amide bonds.